The zero-order valence-electron chi connectivity index (χ0n) is 19.6. The lowest BCUT2D eigenvalue weighted by Gasteiger charge is -2.29. The summed E-state index contributed by atoms with van der Waals surface area (Å²) >= 11 is 26.3. The summed E-state index contributed by atoms with van der Waals surface area (Å²) in [4.78, 5) is 16.0. The highest BCUT2D eigenvalue weighted by Crippen LogP contribution is 2.45. The SMILES string of the molecule is Cn1cncc1C(Cl)(c1ccc(Cl)cc1)c1ccc2c(c1)c(-c1cccc(Cl)c1)c(C(=O)Cl)c1nnnn12. The molecule has 0 aliphatic heterocycles. The molecule has 0 aliphatic rings. The van der Waals surface area contributed by atoms with Crippen LogP contribution in [-0.2, 0) is 11.9 Å². The van der Waals surface area contributed by atoms with Gasteiger partial charge in [-0.15, -0.1) is 16.7 Å². The Morgan fingerprint density at radius 2 is 1.71 bits per heavy atom. The van der Waals surface area contributed by atoms with Crippen LogP contribution in [0.15, 0.2) is 79.3 Å². The van der Waals surface area contributed by atoms with E-state index in [1.165, 1.54) is 4.52 Å². The Labute approximate surface area is 236 Å². The molecule has 6 rings (SSSR count). The molecule has 0 radical (unpaired) electrons. The van der Waals surface area contributed by atoms with Crippen molar-refractivity contribution in [1.29, 1.82) is 0 Å². The van der Waals surface area contributed by atoms with Crippen molar-refractivity contribution in [3.63, 3.8) is 0 Å². The summed E-state index contributed by atoms with van der Waals surface area (Å²) < 4.78 is 3.35. The highest BCUT2D eigenvalue weighted by molar-refractivity contribution is 6.69. The number of halogens is 4. The van der Waals surface area contributed by atoms with E-state index in [0.717, 1.165) is 16.8 Å². The number of hydrogen-bond acceptors (Lipinski definition) is 5. The fraction of sp³-hybridized carbons (Fsp3) is 0.0741. The number of imidazole rings is 1. The lowest BCUT2D eigenvalue weighted by atomic mass is 9.85. The summed E-state index contributed by atoms with van der Waals surface area (Å²) in [6.45, 7) is 0. The first kappa shape index (κ1) is 24.8. The number of nitrogens with zero attached hydrogens (tertiary/aromatic N) is 6. The summed E-state index contributed by atoms with van der Waals surface area (Å²) in [6.07, 6.45) is 3.41. The number of aromatic nitrogens is 6. The van der Waals surface area contributed by atoms with Gasteiger partial charge >= 0.3 is 0 Å². The Kier molecular flexibility index (Phi) is 6.12. The fourth-order valence-corrected chi connectivity index (χ4v) is 5.77. The largest absolute Gasteiger partial charge is 0.336 e. The first-order chi connectivity index (χ1) is 18.3. The molecule has 3 aromatic heterocycles. The molecule has 0 amide bonds. The molecule has 1 unspecified atom stereocenters. The van der Waals surface area contributed by atoms with Gasteiger partial charge < -0.3 is 4.57 Å². The minimum Gasteiger partial charge on any atom is -0.336 e. The predicted molar refractivity (Wildman–Crippen MR) is 149 cm³/mol. The number of aryl methyl sites for hydroxylation is 1. The van der Waals surface area contributed by atoms with Gasteiger partial charge in [-0.1, -0.05) is 53.5 Å². The molecule has 0 aliphatic carbocycles. The number of rotatable bonds is 5. The van der Waals surface area contributed by atoms with Crippen molar-refractivity contribution in [2.24, 2.45) is 7.05 Å². The average molecular weight is 582 g/mol. The van der Waals surface area contributed by atoms with Crippen molar-refractivity contribution in [1.82, 2.24) is 29.6 Å². The molecule has 7 nitrogen and oxygen atoms in total. The van der Waals surface area contributed by atoms with Crippen LogP contribution in [-0.4, -0.2) is 34.8 Å². The first-order valence-corrected chi connectivity index (χ1v) is 12.9. The van der Waals surface area contributed by atoms with Crippen LogP contribution in [0.4, 0.5) is 0 Å². The minimum atomic E-state index is -1.16. The molecule has 1 atom stereocenters. The van der Waals surface area contributed by atoms with Gasteiger partial charge in [0, 0.05) is 28.0 Å². The van der Waals surface area contributed by atoms with E-state index in [4.69, 9.17) is 46.4 Å². The van der Waals surface area contributed by atoms with E-state index in [-0.39, 0.29) is 11.2 Å². The van der Waals surface area contributed by atoms with Gasteiger partial charge in [0.05, 0.1) is 29.3 Å². The number of hydrogen-bond donors (Lipinski definition) is 0. The maximum atomic E-state index is 12.8. The number of benzene rings is 3. The molecule has 11 heteroatoms. The summed E-state index contributed by atoms with van der Waals surface area (Å²) in [5.74, 6) is 0. The number of carbonyl (C=O) groups is 1. The number of fused-ring (bicyclic) bond motifs is 3. The highest BCUT2D eigenvalue weighted by atomic mass is 35.5. The van der Waals surface area contributed by atoms with Crippen molar-refractivity contribution in [2.45, 2.75) is 4.87 Å². The van der Waals surface area contributed by atoms with Gasteiger partial charge in [-0.05, 0) is 75.1 Å². The quantitative estimate of drug-likeness (QED) is 0.163. The monoisotopic (exact) mass is 580 g/mol. The molecule has 38 heavy (non-hydrogen) atoms. The maximum Gasteiger partial charge on any atom is 0.256 e. The third kappa shape index (κ3) is 3.85. The summed E-state index contributed by atoms with van der Waals surface area (Å²) in [5, 5.41) is 13.1. The zero-order chi connectivity index (χ0) is 26.6. The Balaban J connectivity index is 1.75. The minimum absolute atomic E-state index is 0.163. The fourth-order valence-electron chi connectivity index (χ4n) is 4.85. The first-order valence-electron chi connectivity index (χ1n) is 11.3. The molecule has 6 aromatic rings. The Bertz CT molecular complexity index is 1860. The van der Waals surface area contributed by atoms with E-state index in [1.807, 2.05) is 48.0 Å². The van der Waals surface area contributed by atoms with Gasteiger partial charge in [-0.25, -0.2) is 4.98 Å². The molecule has 3 heterocycles. The van der Waals surface area contributed by atoms with E-state index < -0.39 is 10.1 Å². The van der Waals surface area contributed by atoms with E-state index in [0.29, 0.717) is 32.1 Å². The molecule has 0 bridgehead atoms. The molecule has 0 fully saturated rings. The van der Waals surface area contributed by atoms with E-state index in [2.05, 4.69) is 20.5 Å². The standard InChI is InChI=1S/C27H16Cl4N6O/c1-36-14-32-13-22(36)27(31,16-5-8-18(28)9-6-16)17-7-10-21-20(12-17)23(15-3-2-4-19(29)11-15)24(25(30)38)26-33-34-35-37(21)26/h2-14H,1H3. The molecular formula is C27H16Cl4N6O. The number of tetrazole rings is 1. The van der Waals surface area contributed by atoms with Gasteiger partial charge in [-0.3, -0.25) is 4.79 Å². The van der Waals surface area contributed by atoms with Crippen LogP contribution < -0.4 is 0 Å². The van der Waals surface area contributed by atoms with Crippen molar-refractivity contribution in [3.05, 3.63) is 112 Å². The second kappa shape index (κ2) is 9.36. The zero-order valence-corrected chi connectivity index (χ0v) is 22.6. The second-order valence-corrected chi connectivity index (χ2v) is 10.5. The molecular weight excluding hydrogens is 566 g/mol. The van der Waals surface area contributed by atoms with Gasteiger partial charge in [0.25, 0.3) is 5.24 Å². The maximum absolute atomic E-state index is 12.8. The molecule has 0 saturated heterocycles. The van der Waals surface area contributed by atoms with Crippen molar-refractivity contribution in [2.75, 3.05) is 0 Å². The van der Waals surface area contributed by atoms with Crippen LogP contribution in [0.1, 0.15) is 27.2 Å². The summed E-state index contributed by atoms with van der Waals surface area (Å²) in [7, 11) is 1.88. The van der Waals surface area contributed by atoms with Gasteiger partial charge in [0.2, 0.25) is 0 Å². The number of alkyl halides is 1. The molecule has 3 aromatic carbocycles. The van der Waals surface area contributed by atoms with Gasteiger partial charge in [-0.2, -0.15) is 4.52 Å². The highest BCUT2D eigenvalue weighted by Gasteiger charge is 2.37. The smallest absolute Gasteiger partial charge is 0.256 e. The summed E-state index contributed by atoms with van der Waals surface area (Å²) in [5.41, 5.74) is 4.53. The predicted octanol–water partition coefficient (Wildman–Crippen LogP) is 6.89. The molecule has 0 spiro atoms. The number of pyridine rings is 1. The van der Waals surface area contributed by atoms with Crippen molar-refractivity contribution in [3.8, 4) is 11.1 Å². The average Bonchev–Trinajstić information content (AvgIpc) is 3.57. The lowest BCUT2D eigenvalue weighted by molar-refractivity contribution is 0.108. The molecule has 0 N–H and O–H groups in total. The third-order valence-electron chi connectivity index (χ3n) is 6.56. The van der Waals surface area contributed by atoms with Crippen LogP contribution in [0.3, 0.4) is 0 Å². The second-order valence-electron chi connectivity index (χ2n) is 8.74. The van der Waals surface area contributed by atoms with Crippen LogP contribution in [0, 0.1) is 0 Å². The normalized spacial score (nSPS) is 13.2. The van der Waals surface area contributed by atoms with Gasteiger partial charge in [0.15, 0.2) is 5.65 Å². The van der Waals surface area contributed by atoms with E-state index >= 15 is 0 Å². The van der Waals surface area contributed by atoms with Crippen LogP contribution >= 0.6 is 46.4 Å². The van der Waals surface area contributed by atoms with Crippen molar-refractivity contribution < 1.29 is 4.79 Å². The van der Waals surface area contributed by atoms with Crippen LogP contribution in [0.25, 0.3) is 27.7 Å². The topological polar surface area (TPSA) is 78.0 Å². The Morgan fingerprint density at radius 3 is 2.39 bits per heavy atom. The lowest BCUT2D eigenvalue weighted by Crippen LogP contribution is -2.25. The number of carbonyl (C=O) groups excluding carboxylic acids is 1. The van der Waals surface area contributed by atoms with Crippen molar-refractivity contribution >= 4 is 68.2 Å². The third-order valence-corrected chi connectivity index (χ3v) is 7.86. The van der Waals surface area contributed by atoms with Crippen LogP contribution in [0.5, 0.6) is 0 Å². The molecule has 188 valence electrons. The van der Waals surface area contributed by atoms with E-state index in [9.17, 15) is 4.79 Å². The Morgan fingerprint density at radius 1 is 0.947 bits per heavy atom. The van der Waals surface area contributed by atoms with E-state index in [1.54, 1.807) is 42.9 Å². The Hall–Kier alpha value is -3.49. The summed E-state index contributed by atoms with van der Waals surface area (Å²) in [6, 6.07) is 20.2. The molecule has 0 saturated carbocycles. The van der Waals surface area contributed by atoms with Crippen LogP contribution in [0.2, 0.25) is 10.0 Å². The van der Waals surface area contributed by atoms with Gasteiger partial charge in [0.1, 0.15) is 4.87 Å².